The number of aryl methyl sites for hydroxylation is 1. The number of aromatic nitrogens is 2. The number of hydroxylamine groups is 2. The number of carbonyl (C=O) groups is 1. The number of hydrogen-bond acceptors (Lipinski definition) is 3. The van der Waals surface area contributed by atoms with Crippen LogP contribution >= 0.6 is 7.81 Å². The molecule has 0 amide bonds. The zero-order chi connectivity index (χ0) is 22.2. The number of carbonyl (C=O) groups excluding carboxylic acids is 1. The topological polar surface area (TPSA) is 58.2 Å². The van der Waals surface area contributed by atoms with Crippen LogP contribution in [0.2, 0.25) is 0 Å². The first-order valence-corrected chi connectivity index (χ1v) is 10.3. The average Bonchev–Trinajstić information content (AvgIpc) is 2.76. The second-order valence-electron chi connectivity index (χ2n) is 8.15. The number of halogens is 6. The summed E-state index contributed by atoms with van der Waals surface area (Å²) in [7, 11) is -8.76. The summed E-state index contributed by atoms with van der Waals surface area (Å²) in [6.45, 7) is 7.78. The van der Waals surface area contributed by atoms with Crippen molar-refractivity contribution in [2.75, 3.05) is 0 Å². The van der Waals surface area contributed by atoms with Gasteiger partial charge in [-0.25, -0.2) is 13.9 Å². The van der Waals surface area contributed by atoms with Crippen LogP contribution < -0.4 is 4.57 Å². The number of nitrogens with zero attached hydrogens (tertiary/aromatic N) is 3. The molecule has 1 aliphatic heterocycles. The van der Waals surface area contributed by atoms with E-state index in [-0.39, 0.29) is 18.6 Å². The Morgan fingerprint density at radius 1 is 1.11 bits per heavy atom. The molecule has 0 saturated carbocycles. The maximum absolute atomic E-state index is 12.3. The molecule has 0 aromatic carbocycles. The summed E-state index contributed by atoms with van der Waals surface area (Å²) < 4.78 is 68.4. The van der Waals surface area contributed by atoms with Gasteiger partial charge in [-0.05, 0) is 27.7 Å². The molecule has 1 aromatic heterocycles. The third-order valence-corrected chi connectivity index (χ3v) is 3.99. The molecule has 0 N–H and O–H groups in total. The molecular weight excluding hydrogens is 415 g/mol. The fourth-order valence-corrected chi connectivity index (χ4v) is 3.22. The van der Waals surface area contributed by atoms with Crippen molar-refractivity contribution >= 4 is 13.8 Å². The van der Waals surface area contributed by atoms with Crippen molar-refractivity contribution in [1.82, 2.24) is 9.63 Å². The van der Waals surface area contributed by atoms with Gasteiger partial charge < -0.3 is 4.74 Å². The molecule has 0 spiro atoms. The Morgan fingerprint density at radius 3 is 1.89 bits per heavy atom. The standard InChI is InChI=1S/C15H25N3O3.F6P/c1-14(2)8-12(9-15(3,4)18(14)20)21-13(19)10-17-7-6-16(5)11-17;1-7(2,3,4,5)6/h6-7,11-12H,8-10H2,1-5H3;/q+1;-1. The molecule has 1 aliphatic rings. The third-order valence-electron chi connectivity index (χ3n) is 3.99. The molecule has 2 rings (SSSR count). The molecule has 6 nitrogen and oxygen atoms in total. The molecule has 0 aliphatic carbocycles. The summed E-state index contributed by atoms with van der Waals surface area (Å²) in [5, 5.41) is 13.4. The van der Waals surface area contributed by atoms with Crippen molar-refractivity contribution in [3.8, 4) is 0 Å². The summed E-state index contributed by atoms with van der Waals surface area (Å²) in [6, 6.07) is 0. The predicted octanol–water partition coefficient (Wildman–Crippen LogP) is 4.61. The van der Waals surface area contributed by atoms with Gasteiger partial charge in [-0.15, -0.1) is 10.3 Å². The first-order chi connectivity index (χ1) is 12.0. The van der Waals surface area contributed by atoms with Crippen LogP contribution in [-0.2, 0) is 28.3 Å². The number of rotatable bonds is 3. The quantitative estimate of drug-likeness (QED) is 0.299. The molecule has 2 heterocycles. The van der Waals surface area contributed by atoms with E-state index in [1.54, 1.807) is 4.57 Å². The predicted molar refractivity (Wildman–Crippen MR) is 89.0 cm³/mol. The Hall–Kier alpha value is -1.39. The van der Waals surface area contributed by atoms with E-state index in [4.69, 9.17) is 4.74 Å². The van der Waals surface area contributed by atoms with Gasteiger partial charge in [0.1, 0.15) is 18.5 Å². The molecular formula is C15H25F6N3O3P. The SMILES string of the molecule is C[n+]1ccn(CC(=O)OC2CC(C)(C)N([O])C(C)(C)C2)c1.F[P-](F)(F)(F)(F)F. The number of hydrogen-bond donors (Lipinski definition) is 0. The molecule has 28 heavy (non-hydrogen) atoms. The van der Waals surface area contributed by atoms with E-state index in [0.29, 0.717) is 12.8 Å². The van der Waals surface area contributed by atoms with E-state index in [1.807, 2.05) is 58.0 Å². The Balaban J connectivity index is 0.000000480. The summed E-state index contributed by atoms with van der Waals surface area (Å²) in [5.74, 6) is -0.262. The van der Waals surface area contributed by atoms with Crippen molar-refractivity contribution in [3.05, 3.63) is 18.7 Å². The van der Waals surface area contributed by atoms with Crippen LogP contribution in [0.4, 0.5) is 25.2 Å². The monoisotopic (exact) mass is 440 g/mol. The number of ether oxygens (including phenoxy) is 1. The molecule has 1 saturated heterocycles. The van der Waals surface area contributed by atoms with E-state index in [2.05, 4.69) is 0 Å². The van der Waals surface area contributed by atoms with Crippen LogP contribution in [0.1, 0.15) is 40.5 Å². The Bertz CT molecular complexity index is 689. The molecule has 13 heteroatoms. The zero-order valence-corrected chi connectivity index (χ0v) is 17.1. The minimum absolute atomic E-state index is 0.194. The van der Waals surface area contributed by atoms with E-state index >= 15 is 0 Å². The molecule has 1 radical (unpaired) electrons. The van der Waals surface area contributed by atoms with Gasteiger partial charge in [0.15, 0.2) is 6.54 Å². The van der Waals surface area contributed by atoms with Crippen molar-refractivity contribution in [3.63, 3.8) is 0 Å². The third kappa shape index (κ3) is 9.70. The second-order valence-corrected chi connectivity index (χ2v) is 10.1. The first kappa shape index (κ1) is 24.6. The second kappa shape index (κ2) is 6.84. The van der Waals surface area contributed by atoms with Gasteiger partial charge in [-0.1, -0.05) is 0 Å². The van der Waals surface area contributed by atoms with E-state index in [1.165, 1.54) is 0 Å². The maximum atomic E-state index is 12.3. The van der Waals surface area contributed by atoms with Crippen molar-refractivity contribution in [1.29, 1.82) is 0 Å². The van der Waals surface area contributed by atoms with Crippen molar-refractivity contribution in [2.45, 2.75) is 64.3 Å². The Labute approximate surface area is 158 Å². The van der Waals surface area contributed by atoms with E-state index < -0.39 is 18.9 Å². The number of piperidine rings is 1. The van der Waals surface area contributed by atoms with Crippen LogP contribution in [0.15, 0.2) is 18.7 Å². The average molecular weight is 440 g/mol. The fourth-order valence-electron chi connectivity index (χ4n) is 3.22. The summed E-state index contributed by atoms with van der Waals surface area (Å²) in [4.78, 5) is 12.0. The zero-order valence-electron chi connectivity index (χ0n) is 16.2. The van der Waals surface area contributed by atoms with Gasteiger partial charge in [-0.2, -0.15) is 0 Å². The molecule has 1 aromatic rings. The van der Waals surface area contributed by atoms with Gasteiger partial charge >= 0.3 is 39.0 Å². The van der Waals surface area contributed by atoms with Gasteiger partial charge in [0.25, 0.3) is 0 Å². The van der Waals surface area contributed by atoms with Crippen LogP contribution in [0.3, 0.4) is 0 Å². The normalized spacial score (nSPS) is 22.4. The van der Waals surface area contributed by atoms with Crippen molar-refractivity contribution < 1.29 is 44.5 Å². The Kier molecular flexibility index (Phi) is 6.02. The van der Waals surface area contributed by atoms with Crippen LogP contribution in [0, 0.1) is 0 Å². The van der Waals surface area contributed by atoms with Crippen LogP contribution in [0.25, 0.3) is 0 Å². The van der Waals surface area contributed by atoms with E-state index in [9.17, 15) is 35.2 Å². The fraction of sp³-hybridized carbons (Fsp3) is 0.733. The summed E-state index contributed by atoms with van der Waals surface area (Å²) in [5.41, 5.74) is -1.04. The molecule has 0 bridgehead atoms. The Morgan fingerprint density at radius 2 is 1.54 bits per heavy atom. The van der Waals surface area contributed by atoms with Crippen LogP contribution in [0.5, 0.6) is 0 Å². The van der Waals surface area contributed by atoms with Crippen molar-refractivity contribution in [2.24, 2.45) is 7.05 Å². The molecule has 165 valence electrons. The van der Waals surface area contributed by atoms with Gasteiger partial charge in [0, 0.05) is 23.9 Å². The molecule has 0 unspecified atom stereocenters. The summed E-state index contributed by atoms with van der Waals surface area (Å²) >= 11 is 0. The minimum atomic E-state index is -10.7. The van der Waals surface area contributed by atoms with Gasteiger partial charge in [0.2, 0.25) is 6.33 Å². The molecule has 0 atom stereocenters. The number of imidazole rings is 1. The van der Waals surface area contributed by atoms with Crippen LogP contribution in [-0.4, -0.2) is 32.8 Å². The van der Waals surface area contributed by atoms with Gasteiger partial charge in [-0.3, -0.25) is 0 Å². The van der Waals surface area contributed by atoms with Gasteiger partial charge in [0.05, 0.1) is 7.05 Å². The first-order valence-electron chi connectivity index (χ1n) is 8.29. The summed E-state index contributed by atoms with van der Waals surface area (Å²) in [6.07, 6.45) is 6.44. The number of esters is 1. The molecule has 1 fully saturated rings. The van der Waals surface area contributed by atoms with E-state index in [0.717, 1.165) is 5.06 Å².